The molecule has 5 heteroatoms. The highest BCUT2D eigenvalue weighted by atomic mass is 32.2. The lowest BCUT2D eigenvalue weighted by molar-refractivity contribution is 0.653. The maximum absolute atomic E-state index is 12.9. The van der Waals surface area contributed by atoms with E-state index in [1.165, 1.54) is 5.41 Å². The summed E-state index contributed by atoms with van der Waals surface area (Å²) < 4.78 is 25.5. The van der Waals surface area contributed by atoms with Gasteiger partial charge < -0.3 is 0 Å². The normalized spacial score (nSPS) is 25.3. The highest BCUT2D eigenvalue weighted by Crippen LogP contribution is 2.49. The van der Waals surface area contributed by atoms with Crippen molar-refractivity contribution >= 4 is 10.9 Å². The molecule has 1 aromatic heterocycles. The van der Waals surface area contributed by atoms with Crippen molar-refractivity contribution in [2.75, 3.05) is 0 Å². The Morgan fingerprint density at radius 3 is 2.75 bits per heavy atom. The molecule has 1 unspecified atom stereocenters. The van der Waals surface area contributed by atoms with E-state index in [4.69, 9.17) is 0 Å². The molecule has 1 aliphatic rings. The number of nitrogens with zero attached hydrogens (tertiary/aromatic N) is 1. The first-order valence-electron chi connectivity index (χ1n) is 3.31. The SMILES string of the molecule is FC1=C[SH](c2cc[nH]n2)C(F)=C1. The van der Waals surface area contributed by atoms with Gasteiger partial charge in [-0.05, 0) is 11.5 Å². The number of allylic oxidation sites excluding steroid dienone is 2. The fourth-order valence-electron chi connectivity index (χ4n) is 0.968. The number of thiol groups is 1. The van der Waals surface area contributed by atoms with Crippen LogP contribution in [0.5, 0.6) is 0 Å². The van der Waals surface area contributed by atoms with Crippen LogP contribution in [0.25, 0.3) is 0 Å². The van der Waals surface area contributed by atoms with E-state index in [9.17, 15) is 8.78 Å². The zero-order valence-electron chi connectivity index (χ0n) is 5.96. The van der Waals surface area contributed by atoms with Crippen LogP contribution in [0.15, 0.2) is 39.8 Å². The lowest BCUT2D eigenvalue weighted by atomic mass is 10.6. The predicted molar refractivity (Wildman–Crippen MR) is 44.2 cm³/mol. The minimum absolute atomic E-state index is 0.436. The third kappa shape index (κ3) is 1.16. The average Bonchev–Trinajstić information content (AvgIpc) is 2.58. The van der Waals surface area contributed by atoms with Crippen LogP contribution in [-0.2, 0) is 0 Å². The molecule has 1 aliphatic heterocycles. The van der Waals surface area contributed by atoms with Gasteiger partial charge in [0.05, 0.1) is 0 Å². The lowest BCUT2D eigenvalue weighted by Crippen LogP contribution is -1.77. The maximum atomic E-state index is 12.9. The van der Waals surface area contributed by atoms with Crippen LogP contribution in [0.2, 0.25) is 0 Å². The molecule has 0 saturated heterocycles. The number of nitrogens with one attached hydrogen (secondary N) is 1. The molecular weight excluding hydrogens is 182 g/mol. The number of aromatic amines is 1. The van der Waals surface area contributed by atoms with Gasteiger partial charge in [-0.25, -0.2) is 8.78 Å². The first-order valence-corrected chi connectivity index (χ1v) is 4.72. The Hall–Kier alpha value is -1.10. The van der Waals surface area contributed by atoms with E-state index in [2.05, 4.69) is 10.2 Å². The zero-order valence-corrected chi connectivity index (χ0v) is 6.85. The second-order valence-electron chi connectivity index (χ2n) is 2.28. The number of H-pyrrole nitrogens is 1. The minimum atomic E-state index is -1.29. The molecule has 2 nitrogen and oxygen atoms in total. The Labute approximate surface area is 70.3 Å². The summed E-state index contributed by atoms with van der Waals surface area (Å²) in [4.78, 5) is 0. The molecule has 0 fully saturated rings. The lowest BCUT2D eigenvalue weighted by Gasteiger charge is -2.05. The molecule has 0 bridgehead atoms. The Balaban J connectivity index is 2.34. The average molecular weight is 188 g/mol. The third-order valence-electron chi connectivity index (χ3n) is 1.47. The summed E-state index contributed by atoms with van der Waals surface area (Å²) in [6.45, 7) is 0. The van der Waals surface area contributed by atoms with Crippen LogP contribution in [-0.4, -0.2) is 10.2 Å². The van der Waals surface area contributed by atoms with Gasteiger partial charge in [0.1, 0.15) is 16.0 Å². The summed E-state index contributed by atoms with van der Waals surface area (Å²) in [6.07, 6.45) is 2.50. The Bertz CT molecular complexity index is 342. The monoisotopic (exact) mass is 188 g/mol. The molecule has 12 heavy (non-hydrogen) atoms. The molecule has 1 atom stereocenters. The van der Waals surface area contributed by atoms with Crippen molar-refractivity contribution in [2.24, 2.45) is 0 Å². The van der Waals surface area contributed by atoms with Gasteiger partial charge in [0.15, 0.2) is 0 Å². The van der Waals surface area contributed by atoms with E-state index >= 15 is 0 Å². The highest BCUT2D eigenvalue weighted by molar-refractivity contribution is 8.22. The van der Waals surface area contributed by atoms with Crippen LogP contribution in [0.4, 0.5) is 8.78 Å². The summed E-state index contributed by atoms with van der Waals surface area (Å²) in [5.74, 6) is -0.512. The maximum Gasteiger partial charge on any atom is 0.148 e. The fourth-order valence-corrected chi connectivity index (χ4v) is 2.43. The van der Waals surface area contributed by atoms with Crippen LogP contribution in [0.1, 0.15) is 0 Å². The second-order valence-corrected chi connectivity index (χ2v) is 4.17. The largest absolute Gasteiger partial charge is 0.285 e. The van der Waals surface area contributed by atoms with Gasteiger partial charge in [0.25, 0.3) is 0 Å². The van der Waals surface area contributed by atoms with Crippen LogP contribution in [0.3, 0.4) is 0 Å². The van der Waals surface area contributed by atoms with Gasteiger partial charge in [-0.1, -0.05) is 0 Å². The van der Waals surface area contributed by atoms with Crippen molar-refractivity contribution in [1.29, 1.82) is 0 Å². The smallest absolute Gasteiger partial charge is 0.148 e. The first kappa shape index (κ1) is 7.54. The number of hydrogen-bond acceptors (Lipinski definition) is 1. The molecule has 2 heterocycles. The molecule has 0 spiro atoms. The van der Waals surface area contributed by atoms with Crippen molar-refractivity contribution < 1.29 is 8.78 Å². The van der Waals surface area contributed by atoms with Crippen molar-refractivity contribution in [3.63, 3.8) is 0 Å². The molecule has 2 rings (SSSR count). The van der Waals surface area contributed by atoms with Crippen molar-refractivity contribution in [3.8, 4) is 0 Å². The number of aromatic nitrogens is 2. The quantitative estimate of drug-likeness (QED) is 0.651. The fraction of sp³-hybridized carbons (Fsp3) is 0. The summed E-state index contributed by atoms with van der Waals surface area (Å²) in [7, 11) is -1.29. The van der Waals surface area contributed by atoms with Gasteiger partial charge in [0.2, 0.25) is 0 Å². The van der Waals surface area contributed by atoms with Gasteiger partial charge in [-0.15, -0.1) is 10.9 Å². The molecule has 0 saturated carbocycles. The molecule has 0 aliphatic carbocycles. The topological polar surface area (TPSA) is 28.7 Å². The summed E-state index contributed by atoms with van der Waals surface area (Å²) in [6, 6.07) is 1.65. The van der Waals surface area contributed by atoms with E-state index < -0.39 is 21.9 Å². The van der Waals surface area contributed by atoms with E-state index in [0.29, 0.717) is 5.03 Å². The predicted octanol–water partition coefficient (Wildman–Crippen LogP) is 2.41. The molecular formula is C7H6F2N2S. The number of rotatable bonds is 1. The Morgan fingerprint density at radius 1 is 1.42 bits per heavy atom. The van der Waals surface area contributed by atoms with Crippen LogP contribution in [0, 0.1) is 0 Å². The first-order chi connectivity index (χ1) is 5.77. The van der Waals surface area contributed by atoms with Gasteiger partial charge >= 0.3 is 0 Å². The zero-order chi connectivity index (χ0) is 8.55. The van der Waals surface area contributed by atoms with Gasteiger partial charge in [0, 0.05) is 12.3 Å². The molecule has 1 aromatic rings. The second kappa shape index (κ2) is 2.75. The van der Waals surface area contributed by atoms with E-state index in [0.717, 1.165) is 6.08 Å². The number of hydrogen-bond donors (Lipinski definition) is 2. The van der Waals surface area contributed by atoms with Crippen molar-refractivity contribution in [2.45, 2.75) is 5.03 Å². The van der Waals surface area contributed by atoms with Crippen LogP contribution >= 0.6 is 10.9 Å². The highest BCUT2D eigenvalue weighted by Gasteiger charge is 2.18. The molecule has 0 radical (unpaired) electrons. The molecule has 0 amide bonds. The van der Waals surface area contributed by atoms with Crippen molar-refractivity contribution in [3.05, 3.63) is 34.7 Å². The summed E-state index contributed by atoms with van der Waals surface area (Å²) >= 11 is 0. The van der Waals surface area contributed by atoms with Crippen LogP contribution < -0.4 is 0 Å². The molecule has 0 aromatic carbocycles. The van der Waals surface area contributed by atoms with E-state index in [1.807, 2.05) is 0 Å². The Kier molecular flexibility index (Phi) is 1.73. The van der Waals surface area contributed by atoms with Crippen molar-refractivity contribution in [1.82, 2.24) is 10.2 Å². The standard InChI is InChI=1S/C7H6F2N2S/c8-5-3-6(9)12(4-5)7-1-2-10-11-7/h1-4,12H,(H,10,11). The third-order valence-corrected chi connectivity index (χ3v) is 3.31. The summed E-state index contributed by atoms with van der Waals surface area (Å²) in [5, 5.41) is 7.75. The molecule has 1 N–H and O–H groups in total. The minimum Gasteiger partial charge on any atom is -0.285 e. The summed E-state index contributed by atoms with van der Waals surface area (Å²) in [5.41, 5.74) is 0. The van der Waals surface area contributed by atoms with Gasteiger partial charge in [-0.2, -0.15) is 5.10 Å². The Morgan fingerprint density at radius 2 is 2.25 bits per heavy atom. The number of halogens is 2. The molecule has 64 valence electrons. The van der Waals surface area contributed by atoms with E-state index in [-0.39, 0.29) is 0 Å². The van der Waals surface area contributed by atoms with E-state index in [1.54, 1.807) is 12.3 Å². The van der Waals surface area contributed by atoms with Gasteiger partial charge in [-0.3, -0.25) is 5.10 Å².